The summed E-state index contributed by atoms with van der Waals surface area (Å²) in [5, 5.41) is 2.74. The molecule has 0 spiro atoms. The number of halogens is 2. The zero-order valence-electron chi connectivity index (χ0n) is 16.6. The van der Waals surface area contributed by atoms with Gasteiger partial charge in [0.25, 0.3) is 5.91 Å². The average molecular weight is 554 g/mol. The second-order valence-electron chi connectivity index (χ2n) is 6.73. The van der Waals surface area contributed by atoms with E-state index in [4.69, 9.17) is 4.74 Å². The Morgan fingerprint density at radius 2 is 1.61 bits per heavy atom. The second kappa shape index (κ2) is 10.1. The van der Waals surface area contributed by atoms with Crippen molar-refractivity contribution in [2.45, 2.75) is 6.54 Å². The lowest BCUT2D eigenvalue weighted by atomic mass is 10.2. The molecule has 0 bridgehead atoms. The van der Waals surface area contributed by atoms with E-state index in [0.29, 0.717) is 22.7 Å². The van der Waals surface area contributed by atoms with Crippen molar-refractivity contribution in [1.82, 2.24) is 0 Å². The number of nitrogens with zero attached hydrogens (tertiary/aromatic N) is 1. The van der Waals surface area contributed by atoms with Crippen LogP contribution in [-0.2, 0) is 21.4 Å². The van der Waals surface area contributed by atoms with Gasteiger partial charge < -0.3 is 10.1 Å². The molecule has 0 atom stereocenters. The maximum Gasteiger partial charge on any atom is 0.262 e. The van der Waals surface area contributed by atoms with E-state index in [1.54, 1.807) is 36.4 Å². The number of hydrogen-bond acceptors (Lipinski definition) is 4. The minimum atomic E-state index is -3.57. The Labute approximate surface area is 194 Å². The number of anilines is 2. The molecule has 9 heteroatoms. The molecule has 0 unspecified atom stereocenters. The van der Waals surface area contributed by atoms with Gasteiger partial charge in [0.1, 0.15) is 11.6 Å². The first-order valence-corrected chi connectivity index (χ1v) is 12.1. The van der Waals surface area contributed by atoms with E-state index in [1.807, 2.05) is 12.1 Å². The van der Waals surface area contributed by atoms with Crippen molar-refractivity contribution < 1.29 is 22.3 Å². The smallest absolute Gasteiger partial charge is 0.262 e. The molecule has 1 N–H and O–H groups in total. The molecule has 3 aromatic rings. The van der Waals surface area contributed by atoms with Crippen LogP contribution >= 0.6 is 22.6 Å². The highest BCUT2D eigenvalue weighted by atomic mass is 127. The van der Waals surface area contributed by atoms with Crippen molar-refractivity contribution in [2.75, 3.05) is 22.5 Å². The molecule has 0 saturated heterocycles. The minimum absolute atomic E-state index is 0.0672. The summed E-state index contributed by atoms with van der Waals surface area (Å²) >= 11 is 2.18. The Kier molecular flexibility index (Phi) is 7.50. The molecule has 0 aromatic heterocycles. The van der Waals surface area contributed by atoms with Gasteiger partial charge in [0.05, 0.1) is 18.5 Å². The second-order valence-corrected chi connectivity index (χ2v) is 9.89. The van der Waals surface area contributed by atoms with Gasteiger partial charge in [0.15, 0.2) is 6.61 Å². The van der Waals surface area contributed by atoms with Gasteiger partial charge in [-0.3, -0.25) is 9.10 Å². The molecular formula is C22H20FIN2O4S. The minimum Gasteiger partial charge on any atom is -0.484 e. The maximum absolute atomic E-state index is 13.1. The Hall–Kier alpha value is -2.66. The third kappa shape index (κ3) is 6.93. The maximum atomic E-state index is 13.1. The van der Waals surface area contributed by atoms with Crippen LogP contribution in [0.1, 0.15) is 5.56 Å². The number of ether oxygens (including phenoxy) is 1. The molecule has 0 aliphatic heterocycles. The quantitative estimate of drug-likeness (QED) is 0.419. The average Bonchev–Trinajstić information content (AvgIpc) is 2.73. The highest BCUT2D eigenvalue weighted by molar-refractivity contribution is 14.1. The molecule has 3 rings (SSSR count). The third-order valence-electron chi connectivity index (χ3n) is 4.26. The van der Waals surface area contributed by atoms with Crippen molar-refractivity contribution in [3.8, 4) is 5.75 Å². The predicted octanol–water partition coefficient (Wildman–Crippen LogP) is 4.41. The fourth-order valence-electron chi connectivity index (χ4n) is 2.74. The van der Waals surface area contributed by atoms with Crippen molar-refractivity contribution in [2.24, 2.45) is 0 Å². The van der Waals surface area contributed by atoms with Gasteiger partial charge in [-0.05, 0) is 88.8 Å². The largest absolute Gasteiger partial charge is 0.484 e. The lowest BCUT2D eigenvalue weighted by Gasteiger charge is -2.22. The highest BCUT2D eigenvalue weighted by Crippen LogP contribution is 2.24. The van der Waals surface area contributed by atoms with Crippen LogP contribution in [0, 0.1) is 9.39 Å². The van der Waals surface area contributed by atoms with E-state index < -0.39 is 10.0 Å². The van der Waals surface area contributed by atoms with E-state index in [-0.39, 0.29) is 24.9 Å². The molecule has 0 heterocycles. The van der Waals surface area contributed by atoms with Gasteiger partial charge in [-0.2, -0.15) is 0 Å². The standard InChI is InChI=1S/C22H20FIN2O4S/c1-31(28,29)26(14-16-2-4-17(23)5-3-16)20-10-12-21(13-11-20)30-15-22(27)25-19-8-6-18(24)7-9-19/h2-13H,14-15H2,1H3,(H,25,27). The lowest BCUT2D eigenvalue weighted by Crippen LogP contribution is -2.29. The summed E-state index contributed by atoms with van der Waals surface area (Å²) < 4.78 is 45.4. The first-order chi connectivity index (χ1) is 14.7. The van der Waals surface area contributed by atoms with Crippen LogP contribution in [0.4, 0.5) is 15.8 Å². The normalized spacial score (nSPS) is 11.1. The van der Waals surface area contributed by atoms with Crippen molar-refractivity contribution in [1.29, 1.82) is 0 Å². The summed E-state index contributed by atoms with van der Waals surface area (Å²) in [5.74, 6) is -0.265. The summed E-state index contributed by atoms with van der Waals surface area (Å²) in [6.45, 7) is -0.117. The molecule has 31 heavy (non-hydrogen) atoms. The first-order valence-electron chi connectivity index (χ1n) is 9.21. The van der Waals surface area contributed by atoms with Crippen molar-refractivity contribution in [3.05, 3.63) is 87.7 Å². The summed E-state index contributed by atoms with van der Waals surface area (Å²) in [5.41, 5.74) is 1.76. The number of nitrogens with one attached hydrogen (secondary N) is 1. The number of sulfonamides is 1. The van der Waals surface area contributed by atoms with Crippen LogP contribution in [0.3, 0.4) is 0 Å². The molecule has 1 amide bonds. The van der Waals surface area contributed by atoms with Crippen LogP contribution in [0.25, 0.3) is 0 Å². The van der Waals surface area contributed by atoms with Crippen molar-refractivity contribution >= 4 is 49.9 Å². The zero-order valence-corrected chi connectivity index (χ0v) is 19.6. The van der Waals surface area contributed by atoms with Crippen LogP contribution in [0.15, 0.2) is 72.8 Å². The lowest BCUT2D eigenvalue weighted by molar-refractivity contribution is -0.118. The van der Waals surface area contributed by atoms with Crippen LogP contribution in [-0.4, -0.2) is 27.2 Å². The SMILES string of the molecule is CS(=O)(=O)N(Cc1ccc(F)cc1)c1ccc(OCC(=O)Nc2ccc(I)cc2)cc1. The van der Waals surface area contributed by atoms with Crippen LogP contribution in [0.2, 0.25) is 0 Å². The molecule has 0 fully saturated rings. The summed E-state index contributed by atoms with van der Waals surface area (Å²) in [7, 11) is -3.57. The van der Waals surface area contributed by atoms with E-state index in [0.717, 1.165) is 9.83 Å². The fraction of sp³-hybridized carbons (Fsp3) is 0.136. The molecule has 6 nitrogen and oxygen atoms in total. The van der Waals surface area contributed by atoms with Gasteiger partial charge >= 0.3 is 0 Å². The number of carbonyl (C=O) groups is 1. The van der Waals surface area contributed by atoms with Gasteiger partial charge in [0.2, 0.25) is 10.0 Å². The molecule has 0 saturated carbocycles. The van der Waals surface area contributed by atoms with Crippen molar-refractivity contribution in [3.63, 3.8) is 0 Å². The Balaban J connectivity index is 1.63. The summed E-state index contributed by atoms with van der Waals surface area (Å²) in [6.07, 6.45) is 1.11. The topological polar surface area (TPSA) is 75.7 Å². The zero-order chi connectivity index (χ0) is 22.4. The van der Waals surface area contributed by atoms with Gasteiger partial charge in [-0.25, -0.2) is 12.8 Å². The Bertz CT molecular complexity index is 1140. The van der Waals surface area contributed by atoms with E-state index >= 15 is 0 Å². The first kappa shape index (κ1) is 23.0. The molecule has 162 valence electrons. The fourth-order valence-corrected chi connectivity index (χ4v) is 3.99. The molecular weight excluding hydrogens is 534 g/mol. The number of amides is 1. The van der Waals surface area contributed by atoms with Crippen LogP contribution < -0.4 is 14.4 Å². The van der Waals surface area contributed by atoms with Gasteiger partial charge in [-0.1, -0.05) is 12.1 Å². The number of carbonyl (C=O) groups excluding carboxylic acids is 1. The van der Waals surface area contributed by atoms with Crippen LogP contribution in [0.5, 0.6) is 5.75 Å². The monoisotopic (exact) mass is 554 g/mol. The Morgan fingerprint density at radius 1 is 1.00 bits per heavy atom. The molecule has 0 aliphatic carbocycles. The van der Waals surface area contributed by atoms with Gasteiger partial charge in [0, 0.05) is 9.26 Å². The van der Waals surface area contributed by atoms with E-state index in [9.17, 15) is 17.6 Å². The number of benzene rings is 3. The predicted molar refractivity (Wildman–Crippen MR) is 127 cm³/mol. The number of hydrogen-bond donors (Lipinski definition) is 1. The van der Waals surface area contributed by atoms with Gasteiger partial charge in [-0.15, -0.1) is 0 Å². The summed E-state index contributed by atoms with van der Waals surface area (Å²) in [6, 6.07) is 19.4. The van der Waals surface area contributed by atoms with E-state index in [2.05, 4.69) is 27.9 Å². The molecule has 0 radical (unpaired) electrons. The molecule has 3 aromatic carbocycles. The third-order valence-corrected chi connectivity index (χ3v) is 6.12. The number of rotatable bonds is 8. The van der Waals surface area contributed by atoms with E-state index in [1.165, 1.54) is 28.6 Å². The summed E-state index contributed by atoms with van der Waals surface area (Å²) in [4.78, 5) is 12.1. The molecule has 0 aliphatic rings. The Morgan fingerprint density at radius 3 is 2.19 bits per heavy atom. The highest BCUT2D eigenvalue weighted by Gasteiger charge is 2.18.